The Morgan fingerprint density at radius 2 is 1.47 bits per heavy atom. The minimum Gasteiger partial charge on any atom is -0.481 e. The maximum Gasteiger partial charge on any atom is 0.303 e. The fourth-order valence-corrected chi connectivity index (χ4v) is 10.4. The number of benzene rings is 4. The van der Waals surface area contributed by atoms with E-state index in [4.69, 9.17) is 33.2 Å². The summed E-state index contributed by atoms with van der Waals surface area (Å²) >= 11 is 14.5. The van der Waals surface area contributed by atoms with Gasteiger partial charge in [0.15, 0.2) is 0 Å². The maximum atomic E-state index is 11.7. The molecule has 60 heavy (non-hydrogen) atoms. The van der Waals surface area contributed by atoms with Gasteiger partial charge in [0.1, 0.15) is 0 Å². The van der Waals surface area contributed by atoms with E-state index in [1.807, 2.05) is 86.3 Å². The van der Waals surface area contributed by atoms with Crippen molar-refractivity contribution < 1.29 is 15.0 Å². The molecule has 8 heteroatoms. The average molecular weight is 852 g/mol. The number of carboxylic acid groups (broad SMARTS) is 1. The van der Waals surface area contributed by atoms with E-state index in [1.54, 1.807) is 0 Å². The van der Waals surface area contributed by atoms with Crippen LogP contribution in [0, 0.1) is 5.41 Å². The second-order valence-electron chi connectivity index (χ2n) is 16.9. The second kappa shape index (κ2) is 17.6. The van der Waals surface area contributed by atoms with Gasteiger partial charge in [-0.05, 0) is 139 Å². The number of hydrogen-bond acceptors (Lipinski definition) is 5. The number of aliphatic carboxylic acids is 1. The highest BCUT2D eigenvalue weighted by Gasteiger charge is 2.45. The van der Waals surface area contributed by atoms with E-state index in [2.05, 4.69) is 91.1 Å². The lowest BCUT2D eigenvalue weighted by Crippen LogP contribution is -2.36. The van der Waals surface area contributed by atoms with Gasteiger partial charge in [0.2, 0.25) is 0 Å². The number of aromatic nitrogens is 2. The van der Waals surface area contributed by atoms with Gasteiger partial charge in [0.05, 0.1) is 34.4 Å². The topological polar surface area (TPSA) is 83.3 Å². The van der Waals surface area contributed by atoms with Gasteiger partial charge in [-0.3, -0.25) is 4.79 Å². The van der Waals surface area contributed by atoms with Crippen molar-refractivity contribution in [2.75, 3.05) is 11.5 Å². The largest absolute Gasteiger partial charge is 0.481 e. The maximum absolute atomic E-state index is 11.7. The molecule has 0 saturated heterocycles. The molecule has 2 aromatic heterocycles. The Kier molecular flexibility index (Phi) is 12.2. The number of rotatable bonds is 15. The molecule has 2 N–H and O–H groups in total. The van der Waals surface area contributed by atoms with Crippen molar-refractivity contribution in [2.45, 2.75) is 62.9 Å². The van der Waals surface area contributed by atoms with Crippen LogP contribution in [0.3, 0.4) is 0 Å². The van der Waals surface area contributed by atoms with Crippen LogP contribution in [0.2, 0.25) is 10.0 Å². The normalized spacial score (nSPS) is 18.1. The molecule has 304 valence electrons. The molecule has 5 nitrogen and oxygen atoms in total. The number of allylic oxidation sites excluding steroid dienone is 5. The zero-order chi connectivity index (χ0) is 41.9. The van der Waals surface area contributed by atoms with Gasteiger partial charge in [-0.15, -0.1) is 0 Å². The number of carboxylic acids is 1. The first-order valence-electron chi connectivity index (χ1n) is 20.5. The molecule has 2 aliphatic carbocycles. The first kappa shape index (κ1) is 41.7. The van der Waals surface area contributed by atoms with E-state index in [9.17, 15) is 15.0 Å². The average Bonchev–Trinajstić information content (AvgIpc) is 3.99. The molecule has 1 saturated carbocycles. The van der Waals surface area contributed by atoms with Crippen LogP contribution in [-0.4, -0.2) is 37.7 Å². The third-order valence-corrected chi connectivity index (χ3v) is 13.8. The molecule has 0 aliphatic heterocycles. The molecule has 1 fully saturated rings. The summed E-state index contributed by atoms with van der Waals surface area (Å²) in [7, 11) is 0. The van der Waals surface area contributed by atoms with E-state index in [0.29, 0.717) is 16.5 Å². The standard InChI is InChI=1S/C52H48Cl2N2O3S/c1-50(2,59)45-11-4-3-10-44(45)46(24-28-60-34-51(26-27-51)33-49(57)58)52(25-6-8-36(32-52)13-21-43-23-17-38-15-19-41(54)31-48(38)56-43)39-9-5-7-35(29-39)12-20-42-22-16-37-14-18-40(53)30-47(37)55-42/h3-23,25,29-31,46,59H,24,26-28,32-34H2,1-2H3,(H,57,58)/b20-12?,21-13+/t46-,52?/m1/s1. The van der Waals surface area contributed by atoms with Crippen molar-refractivity contribution in [1.29, 1.82) is 0 Å². The number of thioether (sulfide) groups is 1. The van der Waals surface area contributed by atoms with Crippen molar-refractivity contribution in [3.05, 3.63) is 183 Å². The van der Waals surface area contributed by atoms with Crippen molar-refractivity contribution in [2.24, 2.45) is 5.41 Å². The molecule has 6 aromatic rings. The van der Waals surface area contributed by atoms with Crippen LogP contribution in [0.5, 0.6) is 0 Å². The van der Waals surface area contributed by atoms with Gasteiger partial charge in [-0.2, -0.15) is 11.8 Å². The molecule has 2 heterocycles. The number of fused-ring (bicyclic) bond motifs is 2. The Bertz CT molecular complexity index is 2690. The van der Waals surface area contributed by atoms with E-state index in [1.165, 1.54) is 5.56 Å². The fourth-order valence-electron chi connectivity index (χ4n) is 8.66. The molecule has 1 unspecified atom stereocenters. The zero-order valence-corrected chi connectivity index (χ0v) is 36.2. The van der Waals surface area contributed by atoms with Gasteiger partial charge in [0, 0.05) is 26.2 Å². The molecular formula is C52H48Cl2N2O3S. The Labute approximate surface area is 366 Å². The van der Waals surface area contributed by atoms with Crippen LogP contribution < -0.4 is 0 Å². The zero-order valence-electron chi connectivity index (χ0n) is 33.8. The van der Waals surface area contributed by atoms with Crippen LogP contribution in [0.1, 0.15) is 85.5 Å². The number of hydrogen-bond donors (Lipinski definition) is 2. The highest BCUT2D eigenvalue weighted by molar-refractivity contribution is 7.99. The van der Waals surface area contributed by atoms with Gasteiger partial charge in [-0.1, -0.05) is 126 Å². The fraction of sp³-hybridized carbons (Fsp3) is 0.250. The molecule has 0 radical (unpaired) electrons. The van der Waals surface area contributed by atoms with Crippen molar-refractivity contribution in [3.8, 4) is 0 Å². The molecule has 0 bridgehead atoms. The van der Waals surface area contributed by atoms with Crippen LogP contribution in [0.25, 0.3) is 40.0 Å². The lowest BCUT2D eigenvalue weighted by Gasteiger charge is -2.43. The number of nitrogens with zero attached hydrogens (tertiary/aromatic N) is 2. The molecule has 4 aromatic carbocycles. The molecule has 2 atom stereocenters. The van der Waals surface area contributed by atoms with Crippen molar-refractivity contribution in [1.82, 2.24) is 9.97 Å². The van der Waals surface area contributed by atoms with Gasteiger partial charge >= 0.3 is 5.97 Å². The van der Waals surface area contributed by atoms with E-state index in [0.717, 1.165) is 86.2 Å². The number of carbonyl (C=O) groups is 1. The SMILES string of the molecule is CC(C)(O)c1ccccc1[C@@H](CCSCC1(CC(=O)O)CC1)C1(c2cccc(C=Cc3ccc4ccc(Cl)cc4n3)c2)C=CC=C(/C=C/c2ccc3ccc(Cl)cc3n2)C1. The number of aliphatic hydroxyl groups is 1. The van der Waals surface area contributed by atoms with Crippen LogP contribution in [-0.2, 0) is 15.8 Å². The summed E-state index contributed by atoms with van der Waals surface area (Å²) in [5, 5.41) is 24.7. The summed E-state index contributed by atoms with van der Waals surface area (Å²) in [6, 6.07) is 36.8. The van der Waals surface area contributed by atoms with Gasteiger partial charge < -0.3 is 10.2 Å². The molecule has 0 spiro atoms. The Morgan fingerprint density at radius 3 is 2.12 bits per heavy atom. The number of pyridine rings is 2. The van der Waals surface area contributed by atoms with Gasteiger partial charge in [0.25, 0.3) is 0 Å². The van der Waals surface area contributed by atoms with Crippen molar-refractivity contribution in [3.63, 3.8) is 0 Å². The summed E-state index contributed by atoms with van der Waals surface area (Å²) in [4.78, 5) is 21.5. The lowest BCUT2D eigenvalue weighted by atomic mass is 9.60. The third-order valence-electron chi connectivity index (χ3n) is 12.0. The first-order valence-corrected chi connectivity index (χ1v) is 22.4. The summed E-state index contributed by atoms with van der Waals surface area (Å²) in [6.07, 6.45) is 18.8. The Balaban J connectivity index is 1.19. The third kappa shape index (κ3) is 9.64. The van der Waals surface area contributed by atoms with Crippen LogP contribution in [0.15, 0.2) is 139 Å². The smallest absolute Gasteiger partial charge is 0.303 e. The molecule has 0 amide bonds. The minimum absolute atomic E-state index is 0.0392. The van der Waals surface area contributed by atoms with E-state index < -0.39 is 17.0 Å². The number of halogens is 2. The Hall–Kier alpha value is -4.98. The highest BCUT2D eigenvalue weighted by atomic mass is 35.5. The summed E-state index contributed by atoms with van der Waals surface area (Å²) < 4.78 is 0. The second-order valence-corrected chi connectivity index (χ2v) is 18.8. The monoisotopic (exact) mass is 850 g/mol. The van der Waals surface area contributed by atoms with E-state index in [-0.39, 0.29) is 17.8 Å². The van der Waals surface area contributed by atoms with Gasteiger partial charge in [-0.25, -0.2) is 9.97 Å². The molecule has 2 aliphatic rings. The predicted molar refractivity (Wildman–Crippen MR) is 252 cm³/mol. The molecule has 8 rings (SSSR count). The minimum atomic E-state index is -1.08. The van der Waals surface area contributed by atoms with Crippen molar-refractivity contribution >= 4 is 81.0 Å². The van der Waals surface area contributed by atoms with Crippen LogP contribution in [0.4, 0.5) is 0 Å². The summed E-state index contributed by atoms with van der Waals surface area (Å²) in [5.41, 5.74) is 7.08. The predicted octanol–water partition coefficient (Wildman–Crippen LogP) is 13.5. The first-order chi connectivity index (χ1) is 28.9. The Morgan fingerprint density at radius 1 is 0.817 bits per heavy atom. The summed E-state index contributed by atoms with van der Waals surface area (Å²) in [6.45, 7) is 3.73. The molecular weight excluding hydrogens is 804 g/mol. The quantitative estimate of drug-likeness (QED) is 0.100. The van der Waals surface area contributed by atoms with Crippen LogP contribution >= 0.6 is 35.0 Å². The highest BCUT2D eigenvalue weighted by Crippen LogP contribution is 2.53. The summed E-state index contributed by atoms with van der Waals surface area (Å²) in [5.74, 6) is 0.913. The van der Waals surface area contributed by atoms with E-state index >= 15 is 0 Å². The lowest BCUT2D eigenvalue weighted by molar-refractivity contribution is -0.138.